The molecular formula is C12H15ClN2OS. The lowest BCUT2D eigenvalue weighted by atomic mass is 10.1. The van der Waals surface area contributed by atoms with E-state index < -0.39 is 0 Å². The standard InChI is InChI=1S/C12H15ClN2OS/c13-10-8-9(2-3-11(10)14)12(16)15-4-1-6-17-7-5-15/h2-3,8H,1,4-7,14H2. The van der Waals surface area contributed by atoms with Gasteiger partial charge in [-0.3, -0.25) is 4.79 Å². The molecule has 1 amide bonds. The van der Waals surface area contributed by atoms with E-state index in [1.54, 1.807) is 18.2 Å². The maximum absolute atomic E-state index is 12.2. The molecule has 1 aromatic rings. The highest BCUT2D eigenvalue weighted by atomic mass is 35.5. The van der Waals surface area contributed by atoms with Crippen molar-refractivity contribution in [3.05, 3.63) is 28.8 Å². The van der Waals surface area contributed by atoms with Gasteiger partial charge in [-0.1, -0.05) is 11.6 Å². The van der Waals surface area contributed by atoms with Crippen LogP contribution in [0.25, 0.3) is 0 Å². The lowest BCUT2D eigenvalue weighted by molar-refractivity contribution is 0.0768. The Morgan fingerprint density at radius 2 is 2.18 bits per heavy atom. The summed E-state index contributed by atoms with van der Waals surface area (Å²) in [5, 5.41) is 0.444. The third-order valence-corrected chi connectivity index (χ3v) is 4.13. The van der Waals surface area contributed by atoms with E-state index in [1.165, 1.54) is 0 Å². The van der Waals surface area contributed by atoms with Crippen LogP contribution in [0.5, 0.6) is 0 Å². The second kappa shape index (κ2) is 5.65. The Kier molecular flexibility index (Phi) is 4.18. The van der Waals surface area contributed by atoms with E-state index >= 15 is 0 Å². The van der Waals surface area contributed by atoms with Crippen LogP contribution < -0.4 is 5.73 Å². The summed E-state index contributed by atoms with van der Waals surface area (Å²) in [5.41, 5.74) is 6.76. The normalized spacial score (nSPS) is 16.6. The van der Waals surface area contributed by atoms with Crippen LogP contribution in [0, 0.1) is 0 Å². The smallest absolute Gasteiger partial charge is 0.253 e. The first-order valence-electron chi connectivity index (χ1n) is 5.60. The van der Waals surface area contributed by atoms with Crippen molar-refractivity contribution in [2.45, 2.75) is 6.42 Å². The molecule has 5 heteroatoms. The van der Waals surface area contributed by atoms with Gasteiger partial charge < -0.3 is 10.6 Å². The zero-order chi connectivity index (χ0) is 12.3. The summed E-state index contributed by atoms with van der Waals surface area (Å²) >= 11 is 7.83. The summed E-state index contributed by atoms with van der Waals surface area (Å²) in [6.07, 6.45) is 1.05. The molecule has 0 aromatic heterocycles. The Morgan fingerprint density at radius 3 is 2.94 bits per heavy atom. The third kappa shape index (κ3) is 3.07. The van der Waals surface area contributed by atoms with Crippen LogP contribution in [0.1, 0.15) is 16.8 Å². The van der Waals surface area contributed by atoms with Gasteiger partial charge in [0.25, 0.3) is 5.91 Å². The molecule has 0 bridgehead atoms. The first kappa shape index (κ1) is 12.6. The monoisotopic (exact) mass is 270 g/mol. The maximum atomic E-state index is 12.2. The lowest BCUT2D eigenvalue weighted by Crippen LogP contribution is -2.32. The van der Waals surface area contributed by atoms with Crippen molar-refractivity contribution in [1.82, 2.24) is 4.90 Å². The summed E-state index contributed by atoms with van der Waals surface area (Å²) in [6.45, 7) is 1.64. The Morgan fingerprint density at radius 1 is 1.35 bits per heavy atom. The second-order valence-corrected chi connectivity index (χ2v) is 5.63. The number of nitrogens with zero attached hydrogens (tertiary/aromatic N) is 1. The van der Waals surface area contributed by atoms with E-state index in [4.69, 9.17) is 17.3 Å². The van der Waals surface area contributed by atoms with Gasteiger partial charge in [0.05, 0.1) is 10.7 Å². The topological polar surface area (TPSA) is 46.3 Å². The molecule has 1 fully saturated rings. The van der Waals surface area contributed by atoms with Gasteiger partial charge in [0.15, 0.2) is 0 Å². The van der Waals surface area contributed by atoms with Crippen LogP contribution in [0.3, 0.4) is 0 Å². The summed E-state index contributed by atoms with van der Waals surface area (Å²) in [4.78, 5) is 14.1. The molecule has 0 aliphatic carbocycles. The van der Waals surface area contributed by atoms with Crippen LogP contribution in [0.2, 0.25) is 5.02 Å². The molecule has 0 radical (unpaired) electrons. The highest BCUT2D eigenvalue weighted by Gasteiger charge is 2.17. The number of nitrogens with two attached hydrogens (primary N) is 1. The molecule has 3 nitrogen and oxygen atoms in total. The number of nitrogen functional groups attached to an aromatic ring is 1. The number of carbonyl (C=O) groups is 1. The Hall–Kier alpha value is -0.870. The number of hydrogen-bond acceptors (Lipinski definition) is 3. The first-order chi connectivity index (χ1) is 8.18. The molecule has 17 heavy (non-hydrogen) atoms. The van der Waals surface area contributed by atoms with Gasteiger partial charge in [-0.25, -0.2) is 0 Å². The van der Waals surface area contributed by atoms with E-state index in [1.807, 2.05) is 16.7 Å². The maximum Gasteiger partial charge on any atom is 0.253 e. The molecule has 1 aliphatic heterocycles. The van der Waals surface area contributed by atoms with Crippen LogP contribution in [-0.2, 0) is 0 Å². The van der Waals surface area contributed by atoms with E-state index in [-0.39, 0.29) is 5.91 Å². The van der Waals surface area contributed by atoms with Crippen molar-refractivity contribution in [3.63, 3.8) is 0 Å². The molecule has 2 rings (SSSR count). The van der Waals surface area contributed by atoms with Crippen molar-refractivity contribution < 1.29 is 4.79 Å². The molecule has 92 valence electrons. The number of benzene rings is 1. The van der Waals surface area contributed by atoms with Crippen molar-refractivity contribution in [1.29, 1.82) is 0 Å². The fourth-order valence-electron chi connectivity index (χ4n) is 1.79. The molecule has 1 aromatic carbocycles. The Bertz CT molecular complexity index is 417. The van der Waals surface area contributed by atoms with Crippen molar-refractivity contribution in [3.8, 4) is 0 Å². The molecule has 1 heterocycles. The number of thioether (sulfide) groups is 1. The second-order valence-electron chi connectivity index (χ2n) is 3.99. The van der Waals surface area contributed by atoms with Crippen LogP contribution in [0.15, 0.2) is 18.2 Å². The summed E-state index contributed by atoms with van der Waals surface area (Å²) in [6, 6.07) is 5.07. The van der Waals surface area contributed by atoms with Crippen molar-refractivity contribution >= 4 is 35.0 Å². The highest BCUT2D eigenvalue weighted by Crippen LogP contribution is 2.21. The average Bonchev–Trinajstić information content (AvgIpc) is 2.60. The van der Waals surface area contributed by atoms with Gasteiger partial charge in [0.2, 0.25) is 0 Å². The largest absolute Gasteiger partial charge is 0.398 e. The van der Waals surface area contributed by atoms with Gasteiger partial charge >= 0.3 is 0 Å². The number of amides is 1. The van der Waals surface area contributed by atoms with E-state index in [9.17, 15) is 4.79 Å². The molecule has 0 saturated carbocycles. The predicted octanol–water partition coefficient (Wildman–Crippen LogP) is 2.50. The molecular weight excluding hydrogens is 256 g/mol. The number of carbonyl (C=O) groups excluding carboxylic acids is 1. The zero-order valence-corrected chi connectivity index (χ0v) is 11.1. The Balaban J connectivity index is 2.14. The number of anilines is 1. The van der Waals surface area contributed by atoms with Crippen molar-refractivity contribution in [2.75, 3.05) is 30.3 Å². The highest BCUT2D eigenvalue weighted by molar-refractivity contribution is 7.99. The van der Waals surface area contributed by atoms with E-state index in [0.717, 1.165) is 31.0 Å². The average molecular weight is 271 g/mol. The van der Waals surface area contributed by atoms with Gasteiger partial charge in [-0.2, -0.15) is 11.8 Å². The van der Waals surface area contributed by atoms with Gasteiger partial charge in [-0.05, 0) is 30.4 Å². The fraction of sp³-hybridized carbons (Fsp3) is 0.417. The van der Waals surface area contributed by atoms with Crippen LogP contribution >= 0.6 is 23.4 Å². The van der Waals surface area contributed by atoms with Crippen LogP contribution in [0.4, 0.5) is 5.69 Å². The number of hydrogen-bond donors (Lipinski definition) is 1. The number of rotatable bonds is 1. The lowest BCUT2D eigenvalue weighted by Gasteiger charge is -2.20. The quantitative estimate of drug-likeness (QED) is 0.798. The first-order valence-corrected chi connectivity index (χ1v) is 7.14. The minimum Gasteiger partial charge on any atom is -0.398 e. The molecule has 0 unspecified atom stereocenters. The molecule has 2 N–H and O–H groups in total. The third-order valence-electron chi connectivity index (χ3n) is 2.76. The summed E-state index contributed by atoms with van der Waals surface area (Å²) in [7, 11) is 0. The fourth-order valence-corrected chi connectivity index (χ4v) is 2.86. The molecule has 1 aliphatic rings. The minimum absolute atomic E-state index is 0.0504. The van der Waals surface area contributed by atoms with Gasteiger partial charge in [0, 0.05) is 24.4 Å². The molecule has 0 atom stereocenters. The summed E-state index contributed by atoms with van der Waals surface area (Å²) in [5.74, 6) is 2.19. The van der Waals surface area contributed by atoms with E-state index in [2.05, 4.69) is 0 Å². The molecule has 0 spiro atoms. The number of halogens is 1. The Labute approximate surface area is 110 Å². The summed E-state index contributed by atoms with van der Waals surface area (Å²) < 4.78 is 0. The van der Waals surface area contributed by atoms with Gasteiger partial charge in [-0.15, -0.1) is 0 Å². The predicted molar refractivity (Wildman–Crippen MR) is 73.7 cm³/mol. The van der Waals surface area contributed by atoms with Crippen LogP contribution in [-0.4, -0.2) is 35.4 Å². The van der Waals surface area contributed by atoms with Crippen molar-refractivity contribution in [2.24, 2.45) is 0 Å². The minimum atomic E-state index is 0.0504. The molecule has 1 saturated heterocycles. The zero-order valence-electron chi connectivity index (χ0n) is 9.49. The van der Waals surface area contributed by atoms with E-state index in [0.29, 0.717) is 16.3 Å². The van der Waals surface area contributed by atoms with Gasteiger partial charge in [0.1, 0.15) is 0 Å². The SMILES string of the molecule is Nc1ccc(C(=O)N2CCCSCC2)cc1Cl.